The summed E-state index contributed by atoms with van der Waals surface area (Å²) in [5.41, 5.74) is 2.12. The molecule has 7 nitrogen and oxygen atoms in total. The molecule has 6 rings (SSSR count). The molecule has 1 saturated heterocycles. The number of nitrogens with one attached hydrogen (secondary N) is 2. The molecule has 0 amide bonds. The van der Waals surface area contributed by atoms with Crippen molar-refractivity contribution in [3.05, 3.63) is 95.1 Å². The van der Waals surface area contributed by atoms with Crippen LogP contribution in [0.5, 0.6) is 0 Å². The lowest BCUT2D eigenvalue weighted by Crippen LogP contribution is -2.39. The Balaban J connectivity index is 1.46. The number of benzene rings is 2. The van der Waals surface area contributed by atoms with E-state index in [4.69, 9.17) is 9.78 Å². The Labute approximate surface area is 212 Å². The number of halogens is 3. The average Bonchev–Trinajstić information content (AvgIpc) is 3.53. The fourth-order valence-electron chi connectivity index (χ4n) is 4.70. The van der Waals surface area contributed by atoms with E-state index >= 15 is 0 Å². The Morgan fingerprint density at radius 3 is 2.51 bits per heavy atom. The maximum absolute atomic E-state index is 14.5. The van der Waals surface area contributed by atoms with Gasteiger partial charge in [0, 0.05) is 23.7 Å². The van der Waals surface area contributed by atoms with Gasteiger partial charge in [-0.3, -0.25) is 0 Å². The summed E-state index contributed by atoms with van der Waals surface area (Å²) in [6, 6.07) is 13.3. The lowest BCUT2D eigenvalue weighted by molar-refractivity contribution is -0.138. The van der Waals surface area contributed by atoms with Crippen molar-refractivity contribution in [1.82, 2.24) is 15.1 Å². The van der Waals surface area contributed by atoms with Crippen LogP contribution in [0.2, 0.25) is 0 Å². The summed E-state index contributed by atoms with van der Waals surface area (Å²) in [6.07, 6.45) is 0.921. The summed E-state index contributed by atoms with van der Waals surface area (Å²) in [4.78, 5) is 12.6. The molecule has 0 spiro atoms. The normalized spacial score (nSPS) is 18.5. The van der Waals surface area contributed by atoms with Gasteiger partial charge in [-0.05, 0) is 36.4 Å². The molecule has 4 heterocycles. The molecule has 10 heteroatoms. The van der Waals surface area contributed by atoms with E-state index < -0.39 is 17.7 Å². The predicted octanol–water partition coefficient (Wildman–Crippen LogP) is 5.56. The number of aromatic nitrogens is 2. The van der Waals surface area contributed by atoms with Crippen LogP contribution in [0.1, 0.15) is 37.6 Å². The van der Waals surface area contributed by atoms with Crippen LogP contribution in [-0.2, 0) is 27.3 Å². The molecular weight excluding hydrogens is 483 g/mol. The van der Waals surface area contributed by atoms with Crippen LogP contribution in [0.25, 0.3) is 5.69 Å². The van der Waals surface area contributed by atoms with Crippen LogP contribution < -0.4 is 15.5 Å². The number of hydrogen-bond acceptors (Lipinski definition) is 6. The second-order valence-corrected chi connectivity index (χ2v) is 10.3. The van der Waals surface area contributed by atoms with Crippen molar-refractivity contribution >= 4 is 11.4 Å². The maximum Gasteiger partial charge on any atom is 0.417 e. The van der Waals surface area contributed by atoms with Gasteiger partial charge in [-0.25, -0.2) is 4.68 Å². The number of rotatable bonds is 3. The van der Waals surface area contributed by atoms with Gasteiger partial charge in [-0.2, -0.15) is 28.0 Å². The summed E-state index contributed by atoms with van der Waals surface area (Å²) < 4.78 is 45.0. The number of fused-ring (bicyclic) bond motifs is 1. The van der Waals surface area contributed by atoms with Gasteiger partial charge in [0.1, 0.15) is 5.82 Å². The van der Waals surface area contributed by atoms with E-state index in [1.54, 1.807) is 17.2 Å². The summed E-state index contributed by atoms with van der Waals surface area (Å²) >= 11 is 0. The number of dihydropyridines is 1. The van der Waals surface area contributed by atoms with Gasteiger partial charge in [-0.15, -0.1) is 0 Å². The molecular formula is C27H26F3N5O2. The van der Waals surface area contributed by atoms with Crippen molar-refractivity contribution < 1.29 is 22.9 Å². The Kier molecular flexibility index (Phi) is 5.19. The third-order valence-electron chi connectivity index (χ3n) is 6.69. The first-order chi connectivity index (χ1) is 17.6. The highest BCUT2D eigenvalue weighted by molar-refractivity contribution is 5.75. The monoisotopic (exact) mass is 509 g/mol. The molecule has 192 valence electrons. The number of hydrogen-bond donors (Lipinski definition) is 2. The highest BCUT2D eigenvalue weighted by atomic mass is 19.4. The largest absolute Gasteiger partial charge is 0.417 e. The summed E-state index contributed by atoms with van der Waals surface area (Å²) in [5.74, 6) is -0.941. The molecule has 0 saturated carbocycles. The van der Waals surface area contributed by atoms with Gasteiger partial charge in [0.2, 0.25) is 0 Å². The summed E-state index contributed by atoms with van der Waals surface area (Å²) in [6.45, 7) is 6.91. The zero-order chi connectivity index (χ0) is 26.0. The predicted molar refractivity (Wildman–Crippen MR) is 133 cm³/mol. The van der Waals surface area contributed by atoms with E-state index in [2.05, 4.69) is 15.7 Å². The van der Waals surface area contributed by atoms with Crippen LogP contribution in [0.3, 0.4) is 0 Å². The Bertz CT molecular complexity index is 1430. The smallest absolute Gasteiger partial charge is 0.368 e. The maximum atomic E-state index is 14.5. The minimum atomic E-state index is -4.66. The first-order valence-corrected chi connectivity index (χ1v) is 12.0. The van der Waals surface area contributed by atoms with Crippen LogP contribution in [0, 0.1) is 0 Å². The molecule has 0 radical (unpaired) electrons. The Hall–Kier alpha value is -3.76. The zero-order valence-corrected chi connectivity index (χ0v) is 20.6. The summed E-state index contributed by atoms with van der Waals surface area (Å²) in [5, 5.41) is 11.2. The van der Waals surface area contributed by atoms with Crippen LogP contribution in [-0.4, -0.2) is 22.9 Å². The Morgan fingerprint density at radius 1 is 1.03 bits per heavy atom. The van der Waals surface area contributed by atoms with Crippen molar-refractivity contribution in [3.8, 4) is 5.69 Å². The van der Waals surface area contributed by atoms with E-state index in [1.165, 1.54) is 10.7 Å². The number of anilines is 2. The fourth-order valence-corrected chi connectivity index (χ4v) is 4.70. The van der Waals surface area contributed by atoms with E-state index in [1.807, 2.05) is 63.3 Å². The zero-order valence-electron chi connectivity index (χ0n) is 20.6. The van der Waals surface area contributed by atoms with E-state index in [9.17, 15) is 13.2 Å². The fraction of sp³-hybridized carbons (Fsp3) is 0.296. The van der Waals surface area contributed by atoms with Gasteiger partial charge in [0.25, 0.3) is 0 Å². The van der Waals surface area contributed by atoms with Crippen LogP contribution >= 0.6 is 0 Å². The van der Waals surface area contributed by atoms with E-state index in [0.717, 1.165) is 28.8 Å². The number of alkyl halides is 3. The number of nitrogens with zero attached hydrogens (tertiary/aromatic N) is 3. The molecule has 3 aliphatic rings. The molecule has 3 aromatic rings. The highest BCUT2D eigenvalue weighted by Crippen LogP contribution is 2.52. The third-order valence-corrected chi connectivity index (χ3v) is 6.69. The van der Waals surface area contributed by atoms with Crippen molar-refractivity contribution in [2.75, 3.05) is 23.3 Å². The molecule has 0 atom stereocenters. The quantitative estimate of drug-likeness (QED) is 0.356. The topological polar surface area (TPSA) is 70.2 Å². The second-order valence-electron chi connectivity index (χ2n) is 10.3. The second kappa shape index (κ2) is 8.12. The summed E-state index contributed by atoms with van der Waals surface area (Å²) in [7, 11) is 0. The SMILES string of the molecule is CC(C)(C)c1ccn(-c2ccc(C3(N4CC5=C(NCC=C5)Nc5ccccc54)OO3)c(C(F)(F)F)c2)n1. The number of para-hydroxylation sites is 2. The minimum absolute atomic E-state index is 0.126. The third kappa shape index (κ3) is 4.06. The van der Waals surface area contributed by atoms with Gasteiger partial charge in [0.05, 0.1) is 40.4 Å². The molecule has 37 heavy (non-hydrogen) atoms. The highest BCUT2D eigenvalue weighted by Gasteiger charge is 2.60. The molecule has 1 fully saturated rings. The lowest BCUT2D eigenvalue weighted by Gasteiger charge is -2.30. The molecule has 1 aromatic heterocycles. The lowest BCUT2D eigenvalue weighted by atomic mass is 9.93. The molecule has 0 unspecified atom stereocenters. The average molecular weight is 510 g/mol. The van der Waals surface area contributed by atoms with Gasteiger partial charge < -0.3 is 15.5 Å². The Morgan fingerprint density at radius 2 is 1.81 bits per heavy atom. The van der Waals surface area contributed by atoms with Crippen molar-refractivity contribution in [2.45, 2.75) is 38.3 Å². The van der Waals surface area contributed by atoms with E-state index in [-0.39, 0.29) is 17.5 Å². The molecule has 2 N–H and O–H groups in total. The van der Waals surface area contributed by atoms with Crippen molar-refractivity contribution in [3.63, 3.8) is 0 Å². The van der Waals surface area contributed by atoms with Gasteiger partial charge >= 0.3 is 12.1 Å². The first-order valence-electron chi connectivity index (χ1n) is 12.0. The standard InChI is InChI=1S/C27H26F3N5O2/c1-25(2,3)23-12-14-35(33-23)18-10-11-19(20(15-18)26(28,29)30)27(36-37-27)34-16-17-7-6-13-31-24(17)32-21-8-4-5-9-22(21)34/h4-12,14-15,31-32H,13,16H2,1-3H3. The minimum Gasteiger partial charge on any atom is -0.368 e. The first kappa shape index (κ1) is 23.6. The van der Waals surface area contributed by atoms with Gasteiger partial charge in [-0.1, -0.05) is 45.1 Å². The van der Waals surface area contributed by atoms with Crippen LogP contribution in [0.4, 0.5) is 24.5 Å². The molecule has 2 aromatic carbocycles. The van der Waals surface area contributed by atoms with Crippen LogP contribution in [0.15, 0.2) is 78.3 Å². The van der Waals surface area contributed by atoms with Crippen molar-refractivity contribution in [1.29, 1.82) is 0 Å². The van der Waals surface area contributed by atoms with Crippen molar-refractivity contribution in [2.24, 2.45) is 0 Å². The molecule has 3 aliphatic heterocycles. The van der Waals surface area contributed by atoms with Gasteiger partial charge in [0.15, 0.2) is 0 Å². The molecule has 0 aliphatic carbocycles. The van der Waals surface area contributed by atoms with E-state index in [0.29, 0.717) is 17.9 Å². The molecule has 0 bridgehead atoms.